The zero-order valence-electron chi connectivity index (χ0n) is 11.9. The largest absolute Gasteiger partial charge is 0.271 e. The van der Waals surface area contributed by atoms with Gasteiger partial charge in [-0.25, -0.2) is 0 Å². The van der Waals surface area contributed by atoms with Gasteiger partial charge in [0.15, 0.2) is 0 Å². The molecular weight excluding hydrogens is 244 g/mol. The Bertz CT molecular complexity index is 565. The van der Waals surface area contributed by atoms with Crippen molar-refractivity contribution in [1.82, 2.24) is 5.43 Å². The first-order chi connectivity index (χ1) is 9.79. The van der Waals surface area contributed by atoms with Gasteiger partial charge in [0.05, 0.1) is 0 Å². The van der Waals surface area contributed by atoms with Gasteiger partial charge in [0, 0.05) is 6.04 Å². The maximum atomic E-state index is 5.80. The summed E-state index contributed by atoms with van der Waals surface area (Å²) in [4.78, 5) is 0. The summed E-state index contributed by atoms with van der Waals surface area (Å²) in [5, 5.41) is 0. The number of hydrazine groups is 1. The van der Waals surface area contributed by atoms with Gasteiger partial charge < -0.3 is 0 Å². The second kappa shape index (κ2) is 5.78. The van der Waals surface area contributed by atoms with Gasteiger partial charge in [0.2, 0.25) is 0 Å². The van der Waals surface area contributed by atoms with E-state index in [1.807, 2.05) is 0 Å². The third kappa shape index (κ3) is 2.77. The van der Waals surface area contributed by atoms with E-state index in [1.54, 1.807) is 0 Å². The molecule has 2 heteroatoms. The first kappa shape index (κ1) is 13.3. The van der Waals surface area contributed by atoms with E-state index in [0.717, 1.165) is 6.42 Å². The van der Waals surface area contributed by atoms with Crippen LogP contribution in [0.2, 0.25) is 0 Å². The average molecular weight is 266 g/mol. The van der Waals surface area contributed by atoms with E-state index in [2.05, 4.69) is 66.9 Å². The van der Waals surface area contributed by atoms with Gasteiger partial charge in [-0.2, -0.15) is 0 Å². The highest BCUT2D eigenvalue weighted by atomic mass is 15.2. The Morgan fingerprint density at radius 2 is 1.80 bits per heavy atom. The standard InChI is InChI=1S/C18H22N2/c1-13-7-5-6-10-15(13)11-18(20-19)17-12-16(17)14-8-3-2-4-9-14/h2-10,16-18,20H,11-12,19H2,1H3. The van der Waals surface area contributed by atoms with Crippen molar-refractivity contribution in [3.63, 3.8) is 0 Å². The van der Waals surface area contributed by atoms with E-state index < -0.39 is 0 Å². The van der Waals surface area contributed by atoms with Crippen molar-refractivity contribution in [1.29, 1.82) is 0 Å². The van der Waals surface area contributed by atoms with Gasteiger partial charge in [0.1, 0.15) is 0 Å². The Balaban J connectivity index is 1.69. The third-order valence-electron chi connectivity index (χ3n) is 4.50. The molecule has 0 amide bonds. The number of hydrogen-bond donors (Lipinski definition) is 2. The molecule has 3 unspecified atom stereocenters. The fourth-order valence-electron chi connectivity index (χ4n) is 3.15. The molecule has 3 atom stereocenters. The lowest BCUT2D eigenvalue weighted by molar-refractivity contribution is 0.463. The molecule has 0 heterocycles. The summed E-state index contributed by atoms with van der Waals surface area (Å²) < 4.78 is 0. The minimum atomic E-state index is 0.362. The van der Waals surface area contributed by atoms with E-state index in [1.165, 1.54) is 23.1 Å². The van der Waals surface area contributed by atoms with Crippen LogP contribution in [0, 0.1) is 12.8 Å². The van der Waals surface area contributed by atoms with Crippen molar-refractivity contribution in [2.24, 2.45) is 11.8 Å². The molecule has 2 nitrogen and oxygen atoms in total. The van der Waals surface area contributed by atoms with Crippen LogP contribution in [0.4, 0.5) is 0 Å². The van der Waals surface area contributed by atoms with E-state index in [9.17, 15) is 0 Å². The van der Waals surface area contributed by atoms with Crippen molar-refractivity contribution < 1.29 is 0 Å². The molecule has 0 radical (unpaired) electrons. The Labute approximate surface area is 121 Å². The normalized spacial score (nSPS) is 22.5. The number of hydrogen-bond acceptors (Lipinski definition) is 2. The monoisotopic (exact) mass is 266 g/mol. The molecule has 0 bridgehead atoms. The topological polar surface area (TPSA) is 38.0 Å². The van der Waals surface area contributed by atoms with Crippen molar-refractivity contribution in [3.8, 4) is 0 Å². The van der Waals surface area contributed by atoms with Crippen LogP contribution in [-0.4, -0.2) is 6.04 Å². The Morgan fingerprint density at radius 3 is 2.50 bits per heavy atom. The van der Waals surface area contributed by atoms with Crippen LogP contribution >= 0.6 is 0 Å². The molecule has 1 saturated carbocycles. The molecule has 3 rings (SSSR count). The zero-order chi connectivity index (χ0) is 13.9. The van der Waals surface area contributed by atoms with Gasteiger partial charge in [0.25, 0.3) is 0 Å². The number of aryl methyl sites for hydroxylation is 1. The summed E-state index contributed by atoms with van der Waals surface area (Å²) in [5.74, 6) is 7.12. The maximum Gasteiger partial charge on any atom is 0.0285 e. The molecular formula is C18H22N2. The van der Waals surface area contributed by atoms with Gasteiger partial charge in [-0.15, -0.1) is 0 Å². The summed E-state index contributed by atoms with van der Waals surface area (Å²) in [6.45, 7) is 2.17. The smallest absolute Gasteiger partial charge is 0.0285 e. The molecule has 1 fully saturated rings. The Hall–Kier alpha value is -1.64. The molecule has 0 saturated heterocycles. The number of nitrogens with one attached hydrogen (secondary N) is 1. The summed E-state index contributed by atoms with van der Waals surface area (Å²) in [7, 11) is 0. The predicted molar refractivity (Wildman–Crippen MR) is 83.3 cm³/mol. The lowest BCUT2D eigenvalue weighted by atomic mass is 9.97. The molecule has 20 heavy (non-hydrogen) atoms. The molecule has 1 aliphatic carbocycles. The van der Waals surface area contributed by atoms with Crippen LogP contribution in [0.25, 0.3) is 0 Å². The van der Waals surface area contributed by atoms with Crippen molar-refractivity contribution in [2.75, 3.05) is 0 Å². The minimum Gasteiger partial charge on any atom is -0.271 e. The first-order valence-electron chi connectivity index (χ1n) is 7.35. The summed E-state index contributed by atoms with van der Waals surface area (Å²) in [6, 6.07) is 19.7. The van der Waals surface area contributed by atoms with E-state index in [0.29, 0.717) is 17.9 Å². The SMILES string of the molecule is Cc1ccccc1CC(NN)C1CC1c1ccccc1. The highest BCUT2D eigenvalue weighted by Gasteiger charge is 2.43. The Kier molecular flexibility index (Phi) is 3.86. The summed E-state index contributed by atoms with van der Waals surface area (Å²) >= 11 is 0. The first-order valence-corrected chi connectivity index (χ1v) is 7.35. The lowest BCUT2D eigenvalue weighted by Gasteiger charge is -2.17. The molecule has 104 valence electrons. The fourth-order valence-corrected chi connectivity index (χ4v) is 3.15. The molecule has 2 aromatic rings. The average Bonchev–Trinajstić information content (AvgIpc) is 3.28. The molecule has 0 spiro atoms. The Morgan fingerprint density at radius 1 is 1.10 bits per heavy atom. The molecule has 0 aliphatic heterocycles. The molecule has 2 aromatic carbocycles. The number of nitrogens with two attached hydrogens (primary N) is 1. The lowest BCUT2D eigenvalue weighted by Crippen LogP contribution is -2.39. The predicted octanol–water partition coefficient (Wildman–Crippen LogP) is 3.17. The summed E-state index contributed by atoms with van der Waals surface area (Å²) in [5.41, 5.74) is 7.24. The van der Waals surface area contributed by atoms with E-state index in [4.69, 9.17) is 5.84 Å². The van der Waals surface area contributed by atoms with Gasteiger partial charge in [-0.3, -0.25) is 11.3 Å². The quantitative estimate of drug-likeness (QED) is 0.644. The summed E-state index contributed by atoms with van der Waals surface area (Å²) in [6.07, 6.45) is 2.25. The highest BCUT2D eigenvalue weighted by Crippen LogP contribution is 2.49. The van der Waals surface area contributed by atoms with Crippen molar-refractivity contribution >= 4 is 0 Å². The zero-order valence-corrected chi connectivity index (χ0v) is 11.9. The minimum absolute atomic E-state index is 0.362. The van der Waals surface area contributed by atoms with E-state index >= 15 is 0 Å². The molecule has 1 aliphatic rings. The number of rotatable bonds is 5. The van der Waals surface area contributed by atoms with Crippen LogP contribution in [0.5, 0.6) is 0 Å². The van der Waals surface area contributed by atoms with Gasteiger partial charge in [-0.05, 0) is 48.3 Å². The van der Waals surface area contributed by atoms with Gasteiger partial charge >= 0.3 is 0 Å². The third-order valence-corrected chi connectivity index (χ3v) is 4.50. The fraction of sp³-hybridized carbons (Fsp3) is 0.333. The van der Waals surface area contributed by atoms with Crippen LogP contribution < -0.4 is 11.3 Å². The molecule has 0 aromatic heterocycles. The van der Waals surface area contributed by atoms with Crippen LogP contribution in [0.15, 0.2) is 54.6 Å². The van der Waals surface area contributed by atoms with E-state index in [-0.39, 0.29) is 0 Å². The number of benzene rings is 2. The maximum absolute atomic E-state index is 5.80. The second-order valence-corrected chi connectivity index (χ2v) is 5.82. The second-order valence-electron chi connectivity index (χ2n) is 5.82. The van der Waals surface area contributed by atoms with Crippen molar-refractivity contribution in [2.45, 2.75) is 31.7 Å². The highest BCUT2D eigenvalue weighted by molar-refractivity contribution is 5.30. The van der Waals surface area contributed by atoms with Crippen LogP contribution in [0.3, 0.4) is 0 Å². The van der Waals surface area contributed by atoms with Crippen molar-refractivity contribution in [3.05, 3.63) is 71.3 Å². The molecule has 3 N–H and O–H groups in total. The van der Waals surface area contributed by atoms with Crippen LogP contribution in [-0.2, 0) is 6.42 Å². The van der Waals surface area contributed by atoms with Gasteiger partial charge in [-0.1, -0.05) is 54.6 Å². The van der Waals surface area contributed by atoms with Crippen LogP contribution in [0.1, 0.15) is 29.0 Å².